The van der Waals surface area contributed by atoms with Crippen molar-refractivity contribution in [1.29, 1.82) is 0 Å². The third-order valence-corrected chi connectivity index (χ3v) is 1.64. The van der Waals surface area contributed by atoms with E-state index in [9.17, 15) is 4.79 Å². The summed E-state index contributed by atoms with van der Waals surface area (Å²) in [5, 5.41) is 2.78. The predicted octanol–water partition coefficient (Wildman–Crippen LogP) is 1.33. The van der Waals surface area contributed by atoms with Crippen molar-refractivity contribution in [1.82, 2.24) is 5.32 Å². The van der Waals surface area contributed by atoms with E-state index in [1.807, 2.05) is 6.92 Å². The third kappa shape index (κ3) is 9.08. The molecular weight excluding hydrogens is 178 g/mol. The molecule has 3 heteroatoms. The van der Waals surface area contributed by atoms with Crippen molar-refractivity contribution < 1.29 is 9.53 Å². The number of nitrogens with one attached hydrogen (secondary N) is 1. The van der Waals surface area contributed by atoms with Gasteiger partial charge in [-0.15, -0.1) is 12.3 Å². The number of hydrogen-bond donors (Lipinski definition) is 1. The van der Waals surface area contributed by atoms with Gasteiger partial charge < -0.3 is 10.1 Å². The first kappa shape index (κ1) is 13.0. The van der Waals surface area contributed by atoms with Gasteiger partial charge in [0, 0.05) is 26.0 Å². The molecule has 0 heterocycles. The lowest BCUT2D eigenvalue weighted by atomic mass is 10.3. The van der Waals surface area contributed by atoms with Gasteiger partial charge in [0.05, 0.1) is 6.61 Å². The fraction of sp³-hybridized carbons (Fsp3) is 0.727. The molecule has 80 valence electrons. The van der Waals surface area contributed by atoms with Crippen LogP contribution < -0.4 is 5.32 Å². The summed E-state index contributed by atoms with van der Waals surface area (Å²) in [6.45, 7) is 3.94. The van der Waals surface area contributed by atoms with E-state index < -0.39 is 0 Å². The summed E-state index contributed by atoms with van der Waals surface area (Å²) in [7, 11) is 0. The van der Waals surface area contributed by atoms with Gasteiger partial charge in [0.1, 0.15) is 0 Å². The molecule has 0 saturated carbocycles. The molecule has 0 aliphatic carbocycles. The number of terminal acetylenes is 1. The Morgan fingerprint density at radius 2 is 2.29 bits per heavy atom. The summed E-state index contributed by atoms with van der Waals surface area (Å²) in [4.78, 5) is 11.1. The average Bonchev–Trinajstić information content (AvgIpc) is 2.19. The quantitative estimate of drug-likeness (QED) is 0.471. The Labute approximate surface area is 86.2 Å². The van der Waals surface area contributed by atoms with Gasteiger partial charge in [-0.3, -0.25) is 4.79 Å². The molecule has 0 aliphatic rings. The highest BCUT2D eigenvalue weighted by atomic mass is 16.5. The van der Waals surface area contributed by atoms with E-state index in [0.717, 1.165) is 19.4 Å². The normalized spacial score (nSPS) is 9.43. The van der Waals surface area contributed by atoms with Gasteiger partial charge >= 0.3 is 0 Å². The second kappa shape index (κ2) is 10.1. The summed E-state index contributed by atoms with van der Waals surface area (Å²) >= 11 is 0. The zero-order valence-electron chi connectivity index (χ0n) is 8.84. The van der Waals surface area contributed by atoms with Gasteiger partial charge in [-0.25, -0.2) is 0 Å². The molecular formula is C11H19NO2. The molecule has 0 unspecified atom stereocenters. The topological polar surface area (TPSA) is 38.3 Å². The standard InChI is InChI=1S/C11H19NO2/c1-3-5-6-8-12-11(13)7-10-14-9-4-2/h1H,4-10H2,2H3,(H,12,13). The molecule has 3 nitrogen and oxygen atoms in total. The second-order valence-corrected chi connectivity index (χ2v) is 3.02. The zero-order valence-corrected chi connectivity index (χ0v) is 8.84. The van der Waals surface area contributed by atoms with Crippen molar-refractivity contribution >= 4 is 5.91 Å². The molecule has 1 amide bonds. The molecule has 1 N–H and O–H groups in total. The molecule has 0 radical (unpaired) electrons. The van der Waals surface area contributed by atoms with Crippen LogP contribution in [0.4, 0.5) is 0 Å². The Bertz CT molecular complexity index is 184. The van der Waals surface area contributed by atoms with Gasteiger partial charge in [-0.2, -0.15) is 0 Å². The zero-order chi connectivity index (χ0) is 10.6. The number of ether oxygens (including phenoxy) is 1. The Morgan fingerprint density at radius 1 is 1.50 bits per heavy atom. The van der Waals surface area contributed by atoms with Crippen molar-refractivity contribution in [2.45, 2.75) is 32.6 Å². The van der Waals surface area contributed by atoms with E-state index in [1.165, 1.54) is 0 Å². The van der Waals surface area contributed by atoms with E-state index in [0.29, 0.717) is 26.0 Å². The summed E-state index contributed by atoms with van der Waals surface area (Å²) in [5.41, 5.74) is 0. The van der Waals surface area contributed by atoms with E-state index in [-0.39, 0.29) is 5.91 Å². The maximum absolute atomic E-state index is 11.1. The summed E-state index contributed by atoms with van der Waals surface area (Å²) in [5.74, 6) is 2.57. The molecule has 0 aromatic heterocycles. The van der Waals surface area contributed by atoms with Gasteiger partial charge in [0.2, 0.25) is 5.91 Å². The Kier molecular flexibility index (Phi) is 9.35. The van der Waals surface area contributed by atoms with Crippen molar-refractivity contribution in [2.75, 3.05) is 19.8 Å². The number of hydrogen-bond acceptors (Lipinski definition) is 2. The largest absolute Gasteiger partial charge is 0.381 e. The highest BCUT2D eigenvalue weighted by Gasteiger charge is 1.99. The van der Waals surface area contributed by atoms with Crippen LogP contribution in [-0.2, 0) is 9.53 Å². The van der Waals surface area contributed by atoms with Crippen molar-refractivity contribution in [3.05, 3.63) is 0 Å². The van der Waals surface area contributed by atoms with Crippen molar-refractivity contribution in [2.24, 2.45) is 0 Å². The minimum Gasteiger partial charge on any atom is -0.381 e. The van der Waals surface area contributed by atoms with Gasteiger partial charge in [0.25, 0.3) is 0 Å². The first-order chi connectivity index (χ1) is 6.81. The second-order valence-electron chi connectivity index (χ2n) is 3.02. The first-order valence-electron chi connectivity index (χ1n) is 5.09. The Morgan fingerprint density at radius 3 is 2.93 bits per heavy atom. The molecule has 14 heavy (non-hydrogen) atoms. The van der Waals surface area contributed by atoms with Crippen LogP contribution in [0.3, 0.4) is 0 Å². The molecule has 0 fully saturated rings. The molecule has 0 aromatic carbocycles. The molecule has 0 atom stereocenters. The molecule has 0 saturated heterocycles. The molecule has 0 aliphatic heterocycles. The van der Waals surface area contributed by atoms with Crippen LogP contribution in [0.25, 0.3) is 0 Å². The number of amides is 1. The maximum Gasteiger partial charge on any atom is 0.222 e. The molecule has 0 aromatic rings. The maximum atomic E-state index is 11.1. The summed E-state index contributed by atoms with van der Waals surface area (Å²) in [6.07, 6.45) is 8.07. The van der Waals surface area contributed by atoms with Crippen LogP contribution in [-0.4, -0.2) is 25.7 Å². The summed E-state index contributed by atoms with van der Waals surface area (Å²) in [6, 6.07) is 0. The molecule has 0 spiro atoms. The minimum absolute atomic E-state index is 0.0399. The van der Waals surface area contributed by atoms with Crippen LogP contribution in [0.1, 0.15) is 32.6 Å². The fourth-order valence-electron chi connectivity index (χ4n) is 0.918. The number of carbonyl (C=O) groups is 1. The van der Waals surface area contributed by atoms with E-state index in [4.69, 9.17) is 11.2 Å². The highest BCUT2D eigenvalue weighted by Crippen LogP contribution is 1.87. The monoisotopic (exact) mass is 197 g/mol. The Balaban J connectivity index is 3.16. The van der Waals surface area contributed by atoms with E-state index >= 15 is 0 Å². The third-order valence-electron chi connectivity index (χ3n) is 1.64. The van der Waals surface area contributed by atoms with Crippen molar-refractivity contribution in [3.63, 3.8) is 0 Å². The van der Waals surface area contributed by atoms with Crippen LogP contribution >= 0.6 is 0 Å². The van der Waals surface area contributed by atoms with Crippen LogP contribution in [0.15, 0.2) is 0 Å². The van der Waals surface area contributed by atoms with Crippen molar-refractivity contribution in [3.8, 4) is 12.3 Å². The predicted molar refractivity (Wildman–Crippen MR) is 56.8 cm³/mol. The number of rotatable bonds is 8. The van der Waals surface area contributed by atoms with Crippen LogP contribution in [0.5, 0.6) is 0 Å². The van der Waals surface area contributed by atoms with Gasteiger partial charge in [0.15, 0.2) is 0 Å². The lowest BCUT2D eigenvalue weighted by Gasteiger charge is -2.04. The average molecular weight is 197 g/mol. The van der Waals surface area contributed by atoms with Gasteiger partial charge in [-0.1, -0.05) is 6.92 Å². The molecule has 0 rings (SSSR count). The smallest absolute Gasteiger partial charge is 0.222 e. The highest BCUT2D eigenvalue weighted by molar-refractivity contribution is 5.75. The number of unbranched alkanes of at least 4 members (excludes halogenated alkanes) is 1. The van der Waals surface area contributed by atoms with Crippen LogP contribution in [0, 0.1) is 12.3 Å². The minimum atomic E-state index is 0.0399. The number of carbonyl (C=O) groups excluding carboxylic acids is 1. The lowest BCUT2D eigenvalue weighted by Crippen LogP contribution is -2.25. The van der Waals surface area contributed by atoms with E-state index in [2.05, 4.69) is 11.2 Å². The Hall–Kier alpha value is -1.01. The van der Waals surface area contributed by atoms with Gasteiger partial charge in [-0.05, 0) is 12.8 Å². The fourth-order valence-corrected chi connectivity index (χ4v) is 0.918. The summed E-state index contributed by atoms with van der Waals surface area (Å²) < 4.78 is 5.19. The lowest BCUT2D eigenvalue weighted by molar-refractivity contribution is -0.122. The van der Waals surface area contributed by atoms with Crippen LogP contribution in [0.2, 0.25) is 0 Å². The first-order valence-corrected chi connectivity index (χ1v) is 5.09. The van der Waals surface area contributed by atoms with E-state index in [1.54, 1.807) is 0 Å². The SMILES string of the molecule is C#CCCCNC(=O)CCOCCC. The molecule has 0 bridgehead atoms.